The summed E-state index contributed by atoms with van der Waals surface area (Å²) < 4.78 is 0. The van der Waals surface area contributed by atoms with Crippen molar-refractivity contribution in [1.82, 2.24) is 10.2 Å². The van der Waals surface area contributed by atoms with E-state index in [0.717, 1.165) is 5.92 Å². The summed E-state index contributed by atoms with van der Waals surface area (Å²) in [4.78, 5) is 2.74. The molecule has 1 aliphatic heterocycles. The maximum atomic E-state index is 3.73. The number of nitrogens with zero attached hydrogens (tertiary/aromatic N) is 1. The Balaban J connectivity index is 1.81. The summed E-state index contributed by atoms with van der Waals surface area (Å²) in [6.07, 6.45) is 10.1. The highest BCUT2D eigenvalue weighted by molar-refractivity contribution is 4.90. The average molecular weight is 252 g/mol. The number of likely N-dealkylation sites (tertiary alicyclic amines) is 1. The first-order valence-electron chi connectivity index (χ1n) is 8.13. The summed E-state index contributed by atoms with van der Waals surface area (Å²) >= 11 is 0. The topological polar surface area (TPSA) is 15.3 Å². The lowest BCUT2D eigenvalue weighted by Crippen LogP contribution is -2.44. The lowest BCUT2D eigenvalue weighted by molar-refractivity contribution is 0.128. The Kier molecular flexibility index (Phi) is 5.50. The number of nitrogens with one attached hydrogen (secondary N) is 1. The van der Waals surface area contributed by atoms with Crippen molar-refractivity contribution >= 4 is 0 Å². The Morgan fingerprint density at radius 3 is 2.28 bits per heavy atom. The standard InChI is InChI=1S/C16H32N2/c1-15(2)12-17-13-16(8-4-5-9-16)14-18-10-6-3-7-11-18/h15,17H,3-14H2,1-2H3. The molecule has 1 N–H and O–H groups in total. The van der Waals surface area contributed by atoms with Gasteiger partial charge in [0.25, 0.3) is 0 Å². The third-order valence-corrected chi connectivity index (χ3v) is 4.72. The molecule has 2 aliphatic rings. The number of hydrogen-bond acceptors (Lipinski definition) is 2. The van der Waals surface area contributed by atoms with Crippen molar-refractivity contribution in [2.24, 2.45) is 11.3 Å². The summed E-state index contributed by atoms with van der Waals surface area (Å²) in [6.45, 7) is 11.1. The molecular weight excluding hydrogens is 220 g/mol. The van der Waals surface area contributed by atoms with E-state index < -0.39 is 0 Å². The van der Waals surface area contributed by atoms with Gasteiger partial charge in [0.15, 0.2) is 0 Å². The van der Waals surface area contributed by atoms with Crippen molar-refractivity contribution in [3.8, 4) is 0 Å². The fraction of sp³-hybridized carbons (Fsp3) is 1.00. The zero-order valence-corrected chi connectivity index (χ0v) is 12.5. The molecule has 1 saturated heterocycles. The molecule has 1 aliphatic carbocycles. The largest absolute Gasteiger partial charge is 0.316 e. The first kappa shape index (κ1) is 14.3. The molecule has 2 nitrogen and oxygen atoms in total. The average Bonchev–Trinajstić information content (AvgIpc) is 2.78. The zero-order chi connectivity index (χ0) is 12.8. The van der Waals surface area contributed by atoms with E-state index in [9.17, 15) is 0 Å². The first-order valence-corrected chi connectivity index (χ1v) is 8.13. The van der Waals surface area contributed by atoms with Gasteiger partial charge in [0.1, 0.15) is 0 Å². The summed E-state index contributed by atoms with van der Waals surface area (Å²) in [5.41, 5.74) is 0.603. The first-order chi connectivity index (χ1) is 8.70. The molecule has 1 heterocycles. The molecule has 0 aromatic heterocycles. The molecule has 2 fully saturated rings. The van der Waals surface area contributed by atoms with Crippen LogP contribution in [0, 0.1) is 11.3 Å². The van der Waals surface area contributed by atoms with Gasteiger partial charge < -0.3 is 10.2 Å². The molecular formula is C16H32N2. The lowest BCUT2D eigenvalue weighted by Gasteiger charge is -2.37. The summed E-state index contributed by atoms with van der Waals surface area (Å²) in [7, 11) is 0. The maximum Gasteiger partial charge on any atom is 0.00501 e. The van der Waals surface area contributed by atoms with Crippen LogP contribution in [0.1, 0.15) is 58.8 Å². The molecule has 0 aromatic rings. The van der Waals surface area contributed by atoms with Gasteiger partial charge in [-0.1, -0.05) is 33.1 Å². The highest BCUT2D eigenvalue weighted by Gasteiger charge is 2.35. The molecule has 0 atom stereocenters. The molecule has 2 rings (SSSR count). The predicted molar refractivity (Wildman–Crippen MR) is 78.9 cm³/mol. The second-order valence-electron chi connectivity index (χ2n) is 7.07. The molecule has 1 saturated carbocycles. The summed E-state index contributed by atoms with van der Waals surface area (Å²) in [5, 5.41) is 3.73. The molecule has 0 bridgehead atoms. The molecule has 106 valence electrons. The quantitative estimate of drug-likeness (QED) is 0.780. The van der Waals surface area contributed by atoms with Gasteiger partial charge in [-0.25, -0.2) is 0 Å². The molecule has 0 spiro atoms. The Morgan fingerprint density at radius 1 is 1.00 bits per heavy atom. The highest BCUT2D eigenvalue weighted by atomic mass is 15.1. The van der Waals surface area contributed by atoms with Gasteiger partial charge in [0, 0.05) is 13.1 Å². The van der Waals surface area contributed by atoms with Crippen LogP contribution >= 0.6 is 0 Å². The van der Waals surface area contributed by atoms with Gasteiger partial charge in [-0.3, -0.25) is 0 Å². The van der Waals surface area contributed by atoms with Gasteiger partial charge in [-0.05, 0) is 56.7 Å². The van der Waals surface area contributed by atoms with Crippen molar-refractivity contribution in [2.45, 2.75) is 58.8 Å². The molecule has 2 heteroatoms. The molecule has 0 unspecified atom stereocenters. The zero-order valence-electron chi connectivity index (χ0n) is 12.5. The summed E-state index contributed by atoms with van der Waals surface area (Å²) in [5.74, 6) is 0.776. The Morgan fingerprint density at radius 2 is 1.67 bits per heavy atom. The van der Waals surface area contributed by atoms with Gasteiger partial charge in [0.2, 0.25) is 0 Å². The minimum atomic E-state index is 0.603. The number of rotatable bonds is 6. The fourth-order valence-corrected chi connectivity index (χ4v) is 3.73. The van der Waals surface area contributed by atoms with Gasteiger partial charge in [-0.2, -0.15) is 0 Å². The van der Waals surface area contributed by atoms with E-state index in [1.165, 1.54) is 77.7 Å². The third-order valence-electron chi connectivity index (χ3n) is 4.72. The highest BCUT2D eigenvalue weighted by Crippen LogP contribution is 2.38. The number of hydrogen-bond donors (Lipinski definition) is 1. The van der Waals surface area contributed by atoms with Crippen molar-refractivity contribution in [1.29, 1.82) is 0 Å². The van der Waals surface area contributed by atoms with E-state index in [1.807, 2.05) is 0 Å². The minimum Gasteiger partial charge on any atom is -0.316 e. The van der Waals surface area contributed by atoms with E-state index in [2.05, 4.69) is 24.1 Å². The number of piperidine rings is 1. The van der Waals surface area contributed by atoms with Crippen LogP contribution in [0.3, 0.4) is 0 Å². The van der Waals surface area contributed by atoms with Crippen LogP contribution in [0.15, 0.2) is 0 Å². The second-order valence-corrected chi connectivity index (χ2v) is 7.07. The van der Waals surface area contributed by atoms with Crippen LogP contribution in [0.4, 0.5) is 0 Å². The lowest BCUT2D eigenvalue weighted by atomic mass is 9.84. The smallest absolute Gasteiger partial charge is 0.00501 e. The molecule has 18 heavy (non-hydrogen) atoms. The monoisotopic (exact) mass is 252 g/mol. The van der Waals surface area contributed by atoms with Gasteiger partial charge >= 0.3 is 0 Å². The van der Waals surface area contributed by atoms with E-state index in [4.69, 9.17) is 0 Å². The van der Waals surface area contributed by atoms with Crippen LogP contribution in [0.5, 0.6) is 0 Å². The van der Waals surface area contributed by atoms with Crippen LogP contribution < -0.4 is 5.32 Å². The van der Waals surface area contributed by atoms with Crippen LogP contribution in [0.25, 0.3) is 0 Å². The van der Waals surface area contributed by atoms with Gasteiger partial charge in [0.05, 0.1) is 0 Å². The Labute approximate surface area is 114 Å². The predicted octanol–water partition coefficient (Wildman–Crippen LogP) is 3.28. The fourth-order valence-electron chi connectivity index (χ4n) is 3.73. The maximum absolute atomic E-state index is 3.73. The van der Waals surface area contributed by atoms with Crippen molar-refractivity contribution in [3.63, 3.8) is 0 Å². The van der Waals surface area contributed by atoms with Crippen LogP contribution in [-0.2, 0) is 0 Å². The van der Waals surface area contributed by atoms with Crippen molar-refractivity contribution < 1.29 is 0 Å². The van der Waals surface area contributed by atoms with Gasteiger partial charge in [-0.15, -0.1) is 0 Å². The van der Waals surface area contributed by atoms with E-state index in [1.54, 1.807) is 0 Å². The SMILES string of the molecule is CC(C)CNCC1(CN2CCCCC2)CCCC1. The third kappa shape index (κ3) is 4.24. The van der Waals surface area contributed by atoms with Crippen molar-refractivity contribution in [3.05, 3.63) is 0 Å². The second kappa shape index (κ2) is 6.91. The minimum absolute atomic E-state index is 0.603. The van der Waals surface area contributed by atoms with E-state index in [0.29, 0.717) is 5.41 Å². The van der Waals surface area contributed by atoms with Crippen LogP contribution in [-0.4, -0.2) is 37.6 Å². The Bertz CT molecular complexity index is 225. The van der Waals surface area contributed by atoms with Crippen molar-refractivity contribution in [2.75, 3.05) is 32.7 Å². The molecule has 0 amide bonds. The molecule has 0 aromatic carbocycles. The Hall–Kier alpha value is -0.0800. The van der Waals surface area contributed by atoms with Crippen LogP contribution in [0.2, 0.25) is 0 Å². The molecule has 0 radical (unpaired) electrons. The normalized spacial score (nSPS) is 24.8. The van der Waals surface area contributed by atoms with E-state index >= 15 is 0 Å². The summed E-state index contributed by atoms with van der Waals surface area (Å²) in [6, 6.07) is 0. The van der Waals surface area contributed by atoms with E-state index in [-0.39, 0.29) is 0 Å².